The molecule has 5 aliphatic rings. The van der Waals surface area contributed by atoms with E-state index in [1.807, 2.05) is 17.0 Å². The third-order valence-corrected chi connectivity index (χ3v) is 12.2. The molecule has 4 saturated heterocycles. The molecule has 1 atom stereocenters. The fourth-order valence-corrected chi connectivity index (χ4v) is 8.94. The van der Waals surface area contributed by atoms with Gasteiger partial charge in [-0.1, -0.05) is 18.2 Å². The second kappa shape index (κ2) is 17.6. The quantitative estimate of drug-likeness (QED) is 0.212. The molecule has 308 valence electrons. The lowest BCUT2D eigenvalue weighted by Crippen LogP contribution is -2.49. The minimum absolute atomic E-state index is 0.0421. The predicted molar refractivity (Wildman–Crippen MR) is 211 cm³/mol. The predicted octanol–water partition coefficient (Wildman–Crippen LogP) is 6.19. The van der Waals surface area contributed by atoms with E-state index >= 15 is 4.39 Å². The lowest BCUT2D eigenvalue weighted by Gasteiger charge is -2.42. The Morgan fingerprint density at radius 2 is 1.66 bits per heavy atom. The summed E-state index contributed by atoms with van der Waals surface area (Å²) in [7, 11) is 0. The molecule has 1 unspecified atom stereocenters. The van der Waals surface area contributed by atoms with E-state index in [1.54, 1.807) is 24.3 Å². The van der Waals surface area contributed by atoms with Crippen molar-refractivity contribution in [3.05, 3.63) is 65.9 Å². The molecule has 0 radical (unpaired) electrons. The third-order valence-electron chi connectivity index (χ3n) is 12.2. The molecule has 0 bridgehead atoms. The summed E-state index contributed by atoms with van der Waals surface area (Å²) in [6.07, 6.45) is 7.91. The summed E-state index contributed by atoms with van der Waals surface area (Å²) < 4.78 is 41.3. The van der Waals surface area contributed by atoms with Crippen molar-refractivity contribution in [3.63, 3.8) is 0 Å². The van der Waals surface area contributed by atoms with Crippen molar-refractivity contribution in [2.45, 2.75) is 101 Å². The van der Waals surface area contributed by atoms with Crippen molar-refractivity contribution in [1.82, 2.24) is 25.1 Å². The highest BCUT2D eigenvalue weighted by molar-refractivity contribution is 6.01. The van der Waals surface area contributed by atoms with Gasteiger partial charge in [0.15, 0.2) is 5.82 Å². The van der Waals surface area contributed by atoms with Gasteiger partial charge in [-0.05, 0) is 113 Å². The first-order valence-corrected chi connectivity index (χ1v) is 20.6. The first kappa shape index (κ1) is 39.4. The van der Waals surface area contributed by atoms with Crippen molar-refractivity contribution in [2.75, 3.05) is 54.9 Å². The normalized spacial score (nSPS) is 23.9. The van der Waals surface area contributed by atoms with Crippen molar-refractivity contribution in [1.29, 1.82) is 0 Å². The number of rotatable bonds is 9. The number of benzene rings is 2. The maximum atomic E-state index is 15.3. The molecular weight excluding hydrogens is 751 g/mol. The van der Waals surface area contributed by atoms with Crippen molar-refractivity contribution in [3.8, 4) is 11.3 Å². The first-order valence-electron chi connectivity index (χ1n) is 20.6. The number of cyclic esters (lactones) is 1. The molecule has 4 amide bonds. The molecule has 1 aliphatic carbocycles. The summed E-state index contributed by atoms with van der Waals surface area (Å²) in [4.78, 5) is 63.5. The number of piperidine rings is 3. The lowest BCUT2D eigenvalue weighted by atomic mass is 9.87. The van der Waals surface area contributed by atoms with Crippen molar-refractivity contribution < 1.29 is 37.4 Å². The molecule has 5 fully saturated rings. The van der Waals surface area contributed by atoms with Gasteiger partial charge in [0.1, 0.15) is 23.7 Å². The highest BCUT2D eigenvalue weighted by Gasteiger charge is 2.33. The third kappa shape index (κ3) is 9.16. The number of aromatic nitrogens is 2. The van der Waals surface area contributed by atoms with Crippen molar-refractivity contribution in [2.24, 2.45) is 0 Å². The standard InChI is InChI=1S/C42H50F2N8O6/c43-34-24-29(46-36-11-12-37(53)48-39(36)54)7-10-33(34)26-13-18-50(19-14-26)30-15-20-51(21-16-30)41(55)58-32-8-5-28(6-9-32)47-40-45-25-35(44)38(49-40)27-3-1-4-31(23-27)52-17-2-22-57-42(52)56/h1,3-4,7,10,23-26,28,30,32,36,46H,2,5-6,8-9,11-22H2,(H,45,47,49)(H,48,53,54)/t28-,32-,36?. The Kier molecular flexibility index (Phi) is 12.0. The molecule has 2 aromatic carbocycles. The SMILES string of the molecule is O=C1CCC(Nc2ccc(C3CCN(C4CCN(C(=O)O[C@H]5CC[C@H](Nc6ncc(F)c(-c7cccc(N8CCCOC8=O)c7)n6)CC5)CC4)CC3)c(F)c2)C(=O)N1. The molecule has 1 aromatic heterocycles. The minimum atomic E-state index is -0.563. The summed E-state index contributed by atoms with van der Waals surface area (Å²) in [5.41, 5.74) is 2.50. The van der Waals surface area contributed by atoms with Crippen LogP contribution in [0.15, 0.2) is 48.7 Å². The second-order valence-corrected chi connectivity index (χ2v) is 16.0. The highest BCUT2D eigenvalue weighted by Crippen LogP contribution is 2.34. The van der Waals surface area contributed by atoms with Gasteiger partial charge >= 0.3 is 12.2 Å². The number of carbonyl (C=O) groups is 4. The van der Waals surface area contributed by atoms with E-state index in [-0.39, 0.29) is 53.9 Å². The average Bonchev–Trinajstić information content (AvgIpc) is 3.24. The molecule has 3 aromatic rings. The van der Waals surface area contributed by atoms with Gasteiger partial charge in [-0.15, -0.1) is 0 Å². The Bertz CT molecular complexity index is 2000. The number of amides is 4. The molecule has 14 nitrogen and oxygen atoms in total. The highest BCUT2D eigenvalue weighted by atomic mass is 19.1. The number of anilines is 3. The van der Waals surface area contributed by atoms with E-state index in [4.69, 9.17) is 9.47 Å². The van der Waals surface area contributed by atoms with E-state index < -0.39 is 18.0 Å². The topological polar surface area (TPSA) is 158 Å². The van der Waals surface area contributed by atoms with E-state index in [9.17, 15) is 23.6 Å². The number of likely N-dealkylation sites (tertiary alicyclic amines) is 2. The maximum absolute atomic E-state index is 15.3. The van der Waals surface area contributed by atoms with E-state index in [1.165, 1.54) is 11.0 Å². The largest absolute Gasteiger partial charge is 0.449 e. The van der Waals surface area contributed by atoms with Crippen LogP contribution in [0, 0.1) is 11.6 Å². The Morgan fingerprint density at radius 3 is 2.40 bits per heavy atom. The van der Waals surface area contributed by atoms with Gasteiger partial charge in [0.2, 0.25) is 17.8 Å². The van der Waals surface area contributed by atoms with Crippen LogP contribution in [0.25, 0.3) is 11.3 Å². The van der Waals surface area contributed by atoms with Crippen LogP contribution in [0.2, 0.25) is 0 Å². The Hall–Kier alpha value is -5.38. The van der Waals surface area contributed by atoms with Gasteiger partial charge in [0, 0.05) is 55.1 Å². The number of hydrogen-bond acceptors (Lipinski definition) is 11. The zero-order valence-corrected chi connectivity index (χ0v) is 32.5. The van der Waals surface area contributed by atoms with Gasteiger partial charge < -0.3 is 29.9 Å². The number of halogens is 2. The minimum Gasteiger partial charge on any atom is -0.449 e. The van der Waals surface area contributed by atoms with Crippen LogP contribution >= 0.6 is 0 Å². The summed E-state index contributed by atoms with van der Waals surface area (Å²) >= 11 is 0. The number of nitrogens with one attached hydrogen (secondary N) is 3. The molecular formula is C42H50F2N8O6. The second-order valence-electron chi connectivity index (χ2n) is 16.0. The lowest BCUT2D eigenvalue weighted by molar-refractivity contribution is -0.133. The average molecular weight is 801 g/mol. The van der Waals surface area contributed by atoms with Crippen LogP contribution in [0.5, 0.6) is 0 Å². The van der Waals surface area contributed by atoms with Crippen LogP contribution in [0.3, 0.4) is 0 Å². The monoisotopic (exact) mass is 800 g/mol. The van der Waals surface area contributed by atoms with Crippen LogP contribution < -0.4 is 20.9 Å². The summed E-state index contributed by atoms with van der Waals surface area (Å²) in [6, 6.07) is 11.9. The fourth-order valence-electron chi connectivity index (χ4n) is 8.94. The molecule has 5 heterocycles. The zero-order valence-electron chi connectivity index (χ0n) is 32.5. The molecule has 16 heteroatoms. The number of imide groups is 1. The summed E-state index contributed by atoms with van der Waals surface area (Å²) in [6.45, 7) is 3.90. The van der Waals surface area contributed by atoms with E-state index in [2.05, 4.69) is 30.8 Å². The van der Waals surface area contributed by atoms with Gasteiger partial charge in [0.05, 0.1) is 12.8 Å². The zero-order chi connectivity index (χ0) is 40.2. The summed E-state index contributed by atoms with van der Waals surface area (Å²) in [5.74, 6) is -1.10. The maximum Gasteiger partial charge on any atom is 0.414 e. The summed E-state index contributed by atoms with van der Waals surface area (Å²) in [5, 5.41) is 8.71. The van der Waals surface area contributed by atoms with E-state index in [0.717, 1.165) is 64.2 Å². The number of nitrogens with zero attached hydrogens (tertiary/aromatic N) is 5. The molecule has 4 aliphatic heterocycles. The Balaban J connectivity index is 0.754. The fraction of sp³-hybridized carbons (Fsp3) is 0.524. The molecule has 3 N–H and O–H groups in total. The van der Waals surface area contributed by atoms with Gasteiger partial charge in [0.25, 0.3) is 0 Å². The van der Waals surface area contributed by atoms with Gasteiger partial charge in [-0.25, -0.2) is 28.3 Å². The number of ether oxygens (including phenoxy) is 2. The van der Waals surface area contributed by atoms with Gasteiger partial charge in [-0.2, -0.15) is 0 Å². The molecule has 0 spiro atoms. The number of carbonyl (C=O) groups excluding carboxylic acids is 4. The van der Waals surface area contributed by atoms with E-state index in [0.29, 0.717) is 80.0 Å². The van der Waals surface area contributed by atoms with Gasteiger partial charge in [-0.3, -0.25) is 19.8 Å². The van der Waals surface area contributed by atoms with Crippen LogP contribution in [-0.2, 0) is 19.1 Å². The van der Waals surface area contributed by atoms with Crippen molar-refractivity contribution >= 4 is 41.3 Å². The molecule has 1 saturated carbocycles. The smallest absolute Gasteiger partial charge is 0.414 e. The van der Waals surface area contributed by atoms with Crippen LogP contribution in [-0.4, -0.2) is 107 Å². The Morgan fingerprint density at radius 1 is 0.862 bits per heavy atom. The van der Waals surface area contributed by atoms with Crippen LogP contribution in [0.4, 0.5) is 35.7 Å². The first-order chi connectivity index (χ1) is 28.2. The molecule has 58 heavy (non-hydrogen) atoms. The Labute approximate surface area is 336 Å². The number of hydrogen-bond donors (Lipinski definition) is 3. The van der Waals surface area contributed by atoms with Crippen LogP contribution in [0.1, 0.15) is 82.1 Å². The molecule has 8 rings (SSSR count).